The average molecular weight is 269 g/mol. The molecule has 19 heavy (non-hydrogen) atoms. The lowest BCUT2D eigenvalue weighted by Crippen LogP contribution is -2.55. The van der Waals surface area contributed by atoms with E-state index in [0.717, 1.165) is 0 Å². The van der Waals surface area contributed by atoms with Gasteiger partial charge < -0.3 is 30.5 Å². The fourth-order valence-corrected chi connectivity index (χ4v) is 1.81. The van der Waals surface area contributed by atoms with E-state index in [1.807, 2.05) is 0 Å². The van der Waals surface area contributed by atoms with Crippen LogP contribution in [-0.4, -0.2) is 57.5 Å². The van der Waals surface area contributed by atoms with Gasteiger partial charge in [-0.15, -0.1) is 0 Å². The van der Waals surface area contributed by atoms with Crippen LogP contribution in [0.5, 0.6) is 0 Å². The first-order valence-corrected chi connectivity index (χ1v) is 5.74. The molecule has 4 atom stereocenters. The summed E-state index contributed by atoms with van der Waals surface area (Å²) in [7, 11) is 0. The molecule has 0 unspecified atom stereocenters. The van der Waals surface area contributed by atoms with E-state index in [4.69, 9.17) is 9.84 Å². The summed E-state index contributed by atoms with van der Waals surface area (Å²) in [6.07, 6.45) is -4.55. The van der Waals surface area contributed by atoms with Crippen molar-refractivity contribution in [3.8, 4) is 0 Å². The predicted molar refractivity (Wildman–Crippen MR) is 64.8 cm³/mol. The van der Waals surface area contributed by atoms with Crippen LogP contribution >= 0.6 is 0 Å². The minimum atomic E-state index is -1.29. The zero-order valence-electron chi connectivity index (χ0n) is 9.93. The van der Waals surface area contributed by atoms with E-state index < -0.39 is 30.5 Å². The maximum absolute atomic E-state index is 10.7. The molecule has 1 saturated heterocycles. The van der Waals surface area contributed by atoms with Crippen LogP contribution in [0.25, 0.3) is 0 Å². The van der Waals surface area contributed by atoms with Gasteiger partial charge in [0.2, 0.25) is 0 Å². The molecule has 0 radical (unpaired) electrons. The molecule has 0 saturated carbocycles. The lowest BCUT2D eigenvalue weighted by Gasteiger charge is -2.35. The van der Waals surface area contributed by atoms with Crippen molar-refractivity contribution in [1.29, 1.82) is 0 Å². The lowest BCUT2D eigenvalue weighted by atomic mass is 10.0. The fourth-order valence-electron chi connectivity index (χ4n) is 1.81. The number of carboxylic acids is 1. The van der Waals surface area contributed by atoms with Gasteiger partial charge in [-0.1, -0.05) is 0 Å². The molecule has 7 nitrogen and oxygen atoms in total. The zero-order chi connectivity index (χ0) is 14.0. The first-order valence-electron chi connectivity index (χ1n) is 5.74. The maximum Gasteiger partial charge on any atom is 0.335 e. The molecule has 0 spiro atoms. The number of carbonyl (C=O) groups is 1. The van der Waals surface area contributed by atoms with E-state index >= 15 is 0 Å². The topological polar surface area (TPSA) is 119 Å². The van der Waals surface area contributed by atoms with Crippen LogP contribution in [0, 0.1) is 0 Å². The third-order valence-corrected chi connectivity index (χ3v) is 2.94. The molecule has 0 bridgehead atoms. The van der Waals surface area contributed by atoms with E-state index in [-0.39, 0.29) is 12.2 Å². The van der Waals surface area contributed by atoms with Gasteiger partial charge in [-0.2, -0.15) is 0 Å². The van der Waals surface area contributed by atoms with Crippen LogP contribution in [0.3, 0.4) is 0 Å². The van der Waals surface area contributed by atoms with Gasteiger partial charge in [-0.3, -0.25) is 0 Å². The molecule has 104 valence electrons. The standard InChI is InChI=1S/C12H15NO6/c14-8-5-19-11(10(16)9(8)15)13-7-3-1-6(2-4-7)12(17)18/h1-4,8-11,13-16H,5H2,(H,17,18)/t8-,9-,10-,11+/m1/s1. The molecule has 1 fully saturated rings. The molecule has 2 rings (SSSR count). The third kappa shape index (κ3) is 3.02. The highest BCUT2D eigenvalue weighted by Crippen LogP contribution is 2.19. The zero-order valence-corrected chi connectivity index (χ0v) is 9.93. The molecular weight excluding hydrogens is 254 g/mol. The SMILES string of the molecule is O=C(O)c1ccc(N[C@H]2OC[C@@H](O)[C@@H](O)[C@H]2O)cc1. The molecule has 1 heterocycles. The first-order chi connectivity index (χ1) is 8.99. The quantitative estimate of drug-likeness (QED) is 0.489. The molecule has 0 aliphatic carbocycles. The van der Waals surface area contributed by atoms with Crippen molar-refractivity contribution in [2.24, 2.45) is 0 Å². The first kappa shape index (κ1) is 13.8. The Kier molecular flexibility index (Phi) is 4.01. The van der Waals surface area contributed by atoms with Crippen molar-refractivity contribution in [2.75, 3.05) is 11.9 Å². The number of hydrogen-bond acceptors (Lipinski definition) is 6. The van der Waals surface area contributed by atoms with Crippen LogP contribution in [-0.2, 0) is 4.74 Å². The summed E-state index contributed by atoms with van der Waals surface area (Å²) in [5.41, 5.74) is 0.684. The minimum absolute atomic E-state index is 0.0941. The normalized spacial score (nSPS) is 30.9. The largest absolute Gasteiger partial charge is 0.478 e. The molecule has 0 aromatic heterocycles. The second-order valence-electron chi connectivity index (χ2n) is 4.33. The van der Waals surface area contributed by atoms with Crippen molar-refractivity contribution in [3.63, 3.8) is 0 Å². The number of anilines is 1. The van der Waals surface area contributed by atoms with E-state index in [1.165, 1.54) is 24.3 Å². The number of aliphatic hydroxyl groups excluding tert-OH is 3. The summed E-state index contributed by atoms with van der Waals surface area (Å²) in [5.74, 6) is -1.03. The number of benzene rings is 1. The van der Waals surface area contributed by atoms with Gasteiger partial charge in [-0.25, -0.2) is 4.79 Å². The number of hydrogen-bond donors (Lipinski definition) is 5. The summed E-state index contributed by atoms with van der Waals surface area (Å²) in [4.78, 5) is 10.7. The smallest absolute Gasteiger partial charge is 0.335 e. The van der Waals surface area contributed by atoms with Gasteiger partial charge in [0.25, 0.3) is 0 Å². The van der Waals surface area contributed by atoms with Crippen molar-refractivity contribution < 1.29 is 30.0 Å². The molecular formula is C12H15NO6. The fraction of sp³-hybridized carbons (Fsp3) is 0.417. The molecule has 1 aromatic rings. The Morgan fingerprint density at radius 3 is 2.37 bits per heavy atom. The summed E-state index contributed by atoms with van der Waals surface area (Å²) in [5, 5.41) is 40.1. The average Bonchev–Trinajstić information content (AvgIpc) is 2.40. The van der Waals surface area contributed by atoms with Crippen molar-refractivity contribution >= 4 is 11.7 Å². The van der Waals surface area contributed by atoms with Crippen LogP contribution in [0.15, 0.2) is 24.3 Å². The van der Waals surface area contributed by atoms with E-state index in [9.17, 15) is 20.1 Å². The number of carboxylic acid groups (broad SMARTS) is 1. The second-order valence-corrected chi connectivity index (χ2v) is 4.33. The van der Waals surface area contributed by atoms with Gasteiger partial charge in [0, 0.05) is 5.69 Å². The Morgan fingerprint density at radius 2 is 1.79 bits per heavy atom. The number of nitrogens with one attached hydrogen (secondary N) is 1. The van der Waals surface area contributed by atoms with Crippen LogP contribution in [0.2, 0.25) is 0 Å². The van der Waals surface area contributed by atoms with Gasteiger partial charge in [0.05, 0.1) is 12.2 Å². The van der Waals surface area contributed by atoms with Crippen molar-refractivity contribution in [3.05, 3.63) is 29.8 Å². The highest BCUT2D eigenvalue weighted by atomic mass is 16.5. The predicted octanol–water partition coefficient (Wildman–Crippen LogP) is -0.764. The summed E-state index contributed by atoms with van der Waals surface area (Å²) < 4.78 is 5.17. The van der Waals surface area contributed by atoms with Crippen molar-refractivity contribution in [2.45, 2.75) is 24.5 Å². The molecule has 1 aliphatic rings. The summed E-state index contributed by atoms with van der Waals surface area (Å²) in [6, 6.07) is 5.87. The molecule has 1 aromatic carbocycles. The minimum Gasteiger partial charge on any atom is -0.478 e. The Morgan fingerprint density at radius 1 is 1.16 bits per heavy atom. The van der Waals surface area contributed by atoms with Crippen LogP contribution in [0.4, 0.5) is 5.69 Å². The molecule has 5 N–H and O–H groups in total. The Hall–Kier alpha value is -1.67. The maximum atomic E-state index is 10.7. The monoisotopic (exact) mass is 269 g/mol. The Balaban J connectivity index is 2.03. The Labute approximate surface area is 109 Å². The van der Waals surface area contributed by atoms with Crippen LogP contribution < -0.4 is 5.32 Å². The van der Waals surface area contributed by atoms with Gasteiger partial charge in [-0.05, 0) is 24.3 Å². The van der Waals surface area contributed by atoms with E-state index in [2.05, 4.69) is 5.32 Å². The third-order valence-electron chi connectivity index (χ3n) is 2.94. The number of rotatable bonds is 3. The van der Waals surface area contributed by atoms with E-state index in [0.29, 0.717) is 5.69 Å². The van der Waals surface area contributed by atoms with Crippen LogP contribution in [0.1, 0.15) is 10.4 Å². The van der Waals surface area contributed by atoms with Gasteiger partial charge in [0.1, 0.15) is 18.3 Å². The second kappa shape index (κ2) is 5.54. The number of ether oxygens (including phenoxy) is 1. The van der Waals surface area contributed by atoms with Gasteiger partial charge >= 0.3 is 5.97 Å². The number of aromatic carboxylic acids is 1. The highest BCUT2D eigenvalue weighted by molar-refractivity contribution is 5.87. The summed E-state index contributed by atoms with van der Waals surface area (Å²) >= 11 is 0. The molecule has 1 aliphatic heterocycles. The molecule has 0 amide bonds. The van der Waals surface area contributed by atoms with Gasteiger partial charge in [0.15, 0.2) is 6.23 Å². The highest BCUT2D eigenvalue weighted by Gasteiger charge is 2.37. The van der Waals surface area contributed by atoms with Crippen molar-refractivity contribution in [1.82, 2.24) is 0 Å². The number of aliphatic hydroxyl groups is 3. The lowest BCUT2D eigenvalue weighted by molar-refractivity contribution is -0.178. The molecule has 7 heteroatoms. The Bertz CT molecular complexity index is 448. The van der Waals surface area contributed by atoms with E-state index in [1.54, 1.807) is 0 Å². The summed E-state index contributed by atoms with van der Waals surface area (Å²) in [6.45, 7) is -0.0941.